The molecule has 2 N–H and O–H groups in total. The number of furan rings is 1. The summed E-state index contributed by atoms with van der Waals surface area (Å²) >= 11 is 0. The zero-order chi connectivity index (χ0) is 17.2. The van der Waals surface area contributed by atoms with Crippen molar-refractivity contribution in [2.45, 2.75) is 31.2 Å². The van der Waals surface area contributed by atoms with E-state index in [0.717, 1.165) is 37.0 Å². The zero-order valence-electron chi connectivity index (χ0n) is 13.4. The van der Waals surface area contributed by atoms with E-state index in [1.54, 1.807) is 7.11 Å². The first-order chi connectivity index (χ1) is 11.5. The standard InChI is InChI=1S/C18H19NO5/c1-23-13-6-4-12(5-7-13)18(10-2-3-11-18)19-16(20)14-8-9-15(24-14)17(21)22/h4-9H,2-3,10-11H2,1H3,(H,19,20)(H,21,22). The van der Waals surface area contributed by atoms with E-state index in [0.29, 0.717) is 0 Å². The second kappa shape index (κ2) is 6.39. The number of hydrogen-bond donors (Lipinski definition) is 2. The molecular weight excluding hydrogens is 310 g/mol. The monoisotopic (exact) mass is 329 g/mol. The highest BCUT2D eigenvalue weighted by atomic mass is 16.5. The van der Waals surface area contributed by atoms with E-state index in [4.69, 9.17) is 14.3 Å². The Balaban J connectivity index is 1.84. The number of benzene rings is 1. The van der Waals surface area contributed by atoms with Crippen LogP contribution in [-0.2, 0) is 5.54 Å². The van der Waals surface area contributed by atoms with E-state index in [1.807, 2.05) is 24.3 Å². The maximum absolute atomic E-state index is 12.5. The van der Waals surface area contributed by atoms with Crippen molar-refractivity contribution >= 4 is 11.9 Å². The number of carboxylic acid groups (broad SMARTS) is 1. The first-order valence-corrected chi connectivity index (χ1v) is 7.84. The molecule has 0 unspecified atom stereocenters. The van der Waals surface area contributed by atoms with Gasteiger partial charge in [0.25, 0.3) is 5.91 Å². The average Bonchev–Trinajstić information content (AvgIpc) is 3.25. The summed E-state index contributed by atoms with van der Waals surface area (Å²) in [4.78, 5) is 23.4. The second-order valence-electron chi connectivity index (χ2n) is 5.94. The van der Waals surface area contributed by atoms with E-state index >= 15 is 0 Å². The van der Waals surface area contributed by atoms with Crippen LogP contribution in [0.15, 0.2) is 40.8 Å². The molecule has 0 spiro atoms. The summed E-state index contributed by atoms with van der Waals surface area (Å²) in [6.45, 7) is 0. The molecule has 0 radical (unpaired) electrons. The Labute approximate surface area is 139 Å². The highest BCUT2D eigenvalue weighted by molar-refractivity contribution is 5.94. The van der Waals surface area contributed by atoms with Gasteiger partial charge in [-0.3, -0.25) is 4.79 Å². The van der Waals surface area contributed by atoms with Gasteiger partial charge in [0, 0.05) is 0 Å². The quantitative estimate of drug-likeness (QED) is 0.879. The topological polar surface area (TPSA) is 88.8 Å². The van der Waals surface area contributed by atoms with Gasteiger partial charge in [-0.2, -0.15) is 0 Å². The van der Waals surface area contributed by atoms with Crippen LogP contribution in [0.25, 0.3) is 0 Å². The summed E-state index contributed by atoms with van der Waals surface area (Å²) in [7, 11) is 1.61. The summed E-state index contributed by atoms with van der Waals surface area (Å²) in [5.41, 5.74) is 0.554. The SMILES string of the molecule is COc1ccc(C2(NC(=O)c3ccc(C(=O)O)o3)CCCC2)cc1. The summed E-state index contributed by atoms with van der Waals surface area (Å²) in [5, 5.41) is 12.0. The molecule has 3 rings (SSSR count). The van der Waals surface area contributed by atoms with Crippen LogP contribution in [-0.4, -0.2) is 24.1 Å². The van der Waals surface area contributed by atoms with Crippen LogP contribution < -0.4 is 10.1 Å². The third-order valence-electron chi connectivity index (χ3n) is 4.49. The van der Waals surface area contributed by atoms with E-state index in [9.17, 15) is 9.59 Å². The Hall–Kier alpha value is -2.76. The highest BCUT2D eigenvalue weighted by Crippen LogP contribution is 2.39. The number of amides is 1. The van der Waals surface area contributed by atoms with Crippen molar-refractivity contribution in [3.63, 3.8) is 0 Å². The molecule has 1 fully saturated rings. The number of nitrogens with one attached hydrogen (secondary N) is 1. The Morgan fingerprint density at radius 1 is 1.08 bits per heavy atom. The van der Waals surface area contributed by atoms with Crippen molar-refractivity contribution in [2.24, 2.45) is 0 Å². The minimum atomic E-state index is -1.19. The van der Waals surface area contributed by atoms with Gasteiger partial charge in [-0.1, -0.05) is 25.0 Å². The largest absolute Gasteiger partial charge is 0.497 e. The van der Waals surface area contributed by atoms with Gasteiger partial charge in [-0.15, -0.1) is 0 Å². The van der Waals surface area contributed by atoms with Crippen molar-refractivity contribution in [3.05, 3.63) is 53.5 Å². The molecule has 1 aromatic carbocycles. The van der Waals surface area contributed by atoms with Gasteiger partial charge < -0.3 is 19.6 Å². The Morgan fingerprint density at radius 3 is 2.25 bits per heavy atom. The molecule has 0 saturated heterocycles. The van der Waals surface area contributed by atoms with Crippen LogP contribution in [0.5, 0.6) is 5.75 Å². The van der Waals surface area contributed by atoms with E-state index in [1.165, 1.54) is 12.1 Å². The smallest absolute Gasteiger partial charge is 0.371 e. The van der Waals surface area contributed by atoms with Gasteiger partial charge in [0.15, 0.2) is 5.76 Å². The highest BCUT2D eigenvalue weighted by Gasteiger charge is 2.37. The second-order valence-corrected chi connectivity index (χ2v) is 5.94. The lowest BCUT2D eigenvalue weighted by Gasteiger charge is -2.30. The number of carbonyl (C=O) groups is 2. The summed E-state index contributed by atoms with van der Waals surface area (Å²) in [5.74, 6) is -1.08. The molecule has 6 heteroatoms. The fraction of sp³-hybridized carbons (Fsp3) is 0.333. The molecular formula is C18H19NO5. The molecule has 126 valence electrons. The van der Waals surface area contributed by atoms with Crippen LogP contribution in [0.4, 0.5) is 0 Å². The molecule has 1 saturated carbocycles. The number of aromatic carboxylic acids is 1. The predicted molar refractivity (Wildman–Crippen MR) is 86.3 cm³/mol. The number of carboxylic acids is 1. The fourth-order valence-electron chi connectivity index (χ4n) is 3.23. The molecule has 1 aromatic heterocycles. The lowest BCUT2D eigenvalue weighted by atomic mass is 9.88. The molecule has 24 heavy (non-hydrogen) atoms. The lowest BCUT2D eigenvalue weighted by molar-refractivity contribution is 0.0658. The van der Waals surface area contributed by atoms with Crippen molar-refractivity contribution in [2.75, 3.05) is 7.11 Å². The molecule has 1 amide bonds. The van der Waals surface area contributed by atoms with Gasteiger partial charge in [-0.25, -0.2) is 4.79 Å². The zero-order valence-corrected chi connectivity index (χ0v) is 13.4. The number of ether oxygens (including phenoxy) is 1. The van der Waals surface area contributed by atoms with Crippen molar-refractivity contribution in [1.29, 1.82) is 0 Å². The van der Waals surface area contributed by atoms with Crippen LogP contribution in [0, 0.1) is 0 Å². The molecule has 6 nitrogen and oxygen atoms in total. The molecule has 1 aliphatic rings. The van der Waals surface area contributed by atoms with Gasteiger partial charge in [0.05, 0.1) is 12.6 Å². The Kier molecular flexibility index (Phi) is 4.29. The summed E-state index contributed by atoms with van der Waals surface area (Å²) < 4.78 is 10.3. The van der Waals surface area contributed by atoms with Crippen molar-refractivity contribution < 1.29 is 23.8 Å². The minimum absolute atomic E-state index is 0.00665. The maximum Gasteiger partial charge on any atom is 0.371 e. The fourth-order valence-corrected chi connectivity index (χ4v) is 3.23. The minimum Gasteiger partial charge on any atom is -0.497 e. The molecule has 2 aromatic rings. The van der Waals surface area contributed by atoms with E-state index in [2.05, 4.69) is 5.32 Å². The van der Waals surface area contributed by atoms with E-state index in [-0.39, 0.29) is 11.5 Å². The van der Waals surface area contributed by atoms with Crippen LogP contribution >= 0.6 is 0 Å². The summed E-state index contributed by atoms with van der Waals surface area (Å²) in [6.07, 6.45) is 3.70. The van der Waals surface area contributed by atoms with Crippen LogP contribution in [0.3, 0.4) is 0 Å². The maximum atomic E-state index is 12.5. The van der Waals surface area contributed by atoms with E-state index < -0.39 is 17.4 Å². The first kappa shape index (κ1) is 16.1. The molecule has 0 atom stereocenters. The Bertz CT molecular complexity index is 741. The van der Waals surface area contributed by atoms with Gasteiger partial charge >= 0.3 is 5.97 Å². The van der Waals surface area contributed by atoms with Crippen LogP contribution in [0.1, 0.15) is 52.4 Å². The van der Waals surface area contributed by atoms with Gasteiger partial charge in [-0.05, 0) is 42.7 Å². The molecule has 0 aliphatic heterocycles. The predicted octanol–water partition coefficient (Wildman–Crippen LogP) is 3.19. The number of carbonyl (C=O) groups excluding carboxylic acids is 1. The Morgan fingerprint density at radius 2 is 1.71 bits per heavy atom. The van der Waals surface area contributed by atoms with Gasteiger partial charge in [0.2, 0.25) is 5.76 Å². The van der Waals surface area contributed by atoms with Crippen molar-refractivity contribution in [1.82, 2.24) is 5.32 Å². The molecule has 1 aliphatic carbocycles. The molecule has 0 bridgehead atoms. The number of rotatable bonds is 5. The normalized spacial score (nSPS) is 15.9. The van der Waals surface area contributed by atoms with Crippen molar-refractivity contribution in [3.8, 4) is 5.75 Å². The molecule has 1 heterocycles. The van der Waals surface area contributed by atoms with Gasteiger partial charge in [0.1, 0.15) is 5.75 Å². The third kappa shape index (κ3) is 2.99. The lowest BCUT2D eigenvalue weighted by Crippen LogP contribution is -2.43. The average molecular weight is 329 g/mol. The number of methoxy groups -OCH3 is 1. The first-order valence-electron chi connectivity index (χ1n) is 7.84. The summed E-state index contributed by atoms with van der Waals surface area (Å²) in [6, 6.07) is 10.3. The van der Waals surface area contributed by atoms with Crippen LogP contribution in [0.2, 0.25) is 0 Å². The third-order valence-corrected chi connectivity index (χ3v) is 4.49. The number of hydrogen-bond acceptors (Lipinski definition) is 4.